The highest BCUT2D eigenvalue weighted by Gasteiger charge is 2.30. The number of phosphoric ester groups is 2. The molecule has 0 bridgehead atoms. The van der Waals surface area contributed by atoms with Gasteiger partial charge in [-0.05, 0) is 49.4 Å². The molecule has 0 heterocycles. The number of hydrogen-bond acceptors (Lipinski definition) is 15. The number of aliphatic hydroxyl groups is 1. The zero-order chi connectivity index (χ0) is 76.7. The van der Waals surface area contributed by atoms with E-state index in [0.717, 1.165) is 114 Å². The Labute approximate surface area is 638 Å². The van der Waals surface area contributed by atoms with Crippen LogP contribution in [0.3, 0.4) is 0 Å². The van der Waals surface area contributed by atoms with Gasteiger partial charge in [-0.2, -0.15) is 0 Å². The molecule has 0 aliphatic heterocycles. The molecule has 5 atom stereocenters. The zero-order valence-electron chi connectivity index (χ0n) is 68.7. The highest BCUT2D eigenvalue weighted by Crippen LogP contribution is 2.45. The minimum Gasteiger partial charge on any atom is -0.462 e. The lowest BCUT2D eigenvalue weighted by Gasteiger charge is -2.21. The van der Waals surface area contributed by atoms with E-state index in [1.807, 2.05) is 0 Å². The quantitative estimate of drug-likeness (QED) is 0.0222. The van der Waals surface area contributed by atoms with Gasteiger partial charge < -0.3 is 33.8 Å². The first-order valence-corrected chi connectivity index (χ1v) is 46.7. The van der Waals surface area contributed by atoms with Gasteiger partial charge in [0.05, 0.1) is 26.4 Å². The molecule has 0 aliphatic rings. The van der Waals surface area contributed by atoms with Gasteiger partial charge in [-0.25, -0.2) is 9.13 Å². The molecule has 0 spiro atoms. The Hall–Kier alpha value is -1.94. The normalized spacial score (nSPS) is 14.0. The minimum atomic E-state index is -4.97. The van der Waals surface area contributed by atoms with Crippen molar-refractivity contribution in [3.8, 4) is 0 Å². The summed E-state index contributed by atoms with van der Waals surface area (Å²) in [5.41, 5.74) is 0. The van der Waals surface area contributed by atoms with Gasteiger partial charge in [0.2, 0.25) is 0 Å². The SMILES string of the molecule is CC(C)CCCCCCCCCCCCCCCCCCCCC(=O)OC[C@H](COP(=O)(O)OCC(O)COP(=O)(O)OC[C@@H](COC(=O)CCCCCCCCCC(C)C)OC(=O)CCCCCCCCCCCCCCC(C)C)OC(=O)CCCCCCCCCCCCCCCCCC(C)C. The van der Waals surface area contributed by atoms with Crippen LogP contribution in [-0.2, 0) is 65.4 Å². The zero-order valence-corrected chi connectivity index (χ0v) is 70.5. The lowest BCUT2D eigenvalue weighted by atomic mass is 10.0. The topological polar surface area (TPSA) is 237 Å². The van der Waals surface area contributed by atoms with E-state index in [1.54, 1.807) is 0 Å². The van der Waals surface area contributed by atoms with E-state index in [9.17, 15) is 43.2 Å². The summed E-state index contributed by atoms with van der Waals surface area (Å²) in [7, 11) is -9.93. The minimum absolute atomic E-state index is 0.106. The van der Waals surface area contributed by atoms with Gasteiger partial charge in [0.15, 0.2) is 12.2 Å². The fourth-order valence-electron chi connectivity index (χ4n) is 13.1. The van der Waals surface area contributed by atoms with Crippen LogP contribution in [-0.4, -0.2) is 96.7 Å². The number of hydrogen-bond donors (Lipinski definition) is 3. The molecule has 0 saturated heterocycles. The maximum atomic E-state index is 13.1. The number of carbonyl (C=O) groups is 4. The van der Waals surface area contributed by atoms with Gasteiger partial charge in [-0.1, -0.05) is 389 Å². The smallest absolute Gasteiger partial charge is 0.462 e. The van der Waals surface area contributed by atoms with Crippen LogP contribution in [0.5, 0.6) is 0 Å². The highest BCUT2D eigenvalue weighted by atomic mass is 31.2. The summed E-state index contributed by atoms with van der Waals surface area (Å²) in [6.45, 7) is 14.3. The van der Waals surface area contributed by atoms with Gasteiger partial charge >= 0.3 is 39.5 Å². The maximum Gasteiger partial charge on any atom is 0.472 e. The summed E-state index contributed by atoms with van der Waals surface area (Å²) in [4.78, 5) is 73.2. The fraction of sp³-hybridized carbons (Fsp3) is 0.953. The lowest BCUT2D eigenvalue weighted by Crippen LogP contribution is -2.30. The molecular weight excluding hydrogens is 1350 g/mol. The van der Waals surface area contributed by atoms with E-state index in [2.05, 4.69) is 55.4 Å². The van der Waals surface area contributed by atoms with Gasteiger partial charge in [0, 0.05) is 25.7 Å². The fourth-order valence-corrected chi connectivity index (χ4v) is 14.7. The first-order valence-electron chi connectivity index (χ1n) is 43.7. The Kier molecular flexibility index (Phi) is 72.5. The number of esters is 4. The van der Waals surface area contributed by atoms with E-state index in [4.69, 9.17) is 37.0 Å². The van der Waals surface area contributed by atoms with Crippen molar-refractivity contribution in [3.05, 3.63) is 0 Å². The number of aliphatic hydroxyl groups excluding tert-OH is 1. The van der Waals surface area contributed by atoms with Crippen LogP contribution in [0.25, 0.3) is 0 Å². The number of ether oxygens (including phenoxy) is 4. The molecule has 0 aromatic heterocycles. The number of carbonyl (C=O) groups excluding carboxylic acids is 4. The van der Waals surface area contributed by atoms with Crippen LogP contribution in [0.15, 0.2) is 0 Å². The first-order chi connectivity index (χ1) is 50.1. The number of unbranched alkanes of at least 4 members (excludes halogenated alkanes) is 48. The van der Waals surface area contributed by atoms with Crippen LogP contribution in [0.2, 0.25) is 0 Å². The van der Waals surface area contributed by atoms with Crippen LogP contribution in [0, 0.1) is 23.7 Å². The highest BCUT2D eigenvalue weighted by molar-refractivity contribution is 7.47. The third-order valence-electron chi connectivity index (χ3n) is 19.8. The van der Waals surface area contributed by atoms with Crippen LogP contribution in [0.4, 0.5) is 0 Å². The summed E-state index contributed by atoms with van der Waals surface area (Å²) in [6.07, 6.45) is 62.6. The number of phosphoric acid groups is 2. The molecule has 0 amide bonds. The molecule has 104 heavy (non-hydrogen) atoms. The molecule has 0 fully saturated rings. The Morgan fingerprint density at radius 3 is 0.596 bits per heavy atom. The molecule has 19 heteroatoms. The van der Waals surface area contributed by atoms with E-state index in [1.165, 1.54) is 238 Å². The molecule has 618 valence electrons. The molecule has 0 aromatic rings. The van der Waals surface area contributed by atoms with E-state index in [0.29, 0.717) is 31.6 Å². The van der Waals surface area contributed by atoms with Crippen molar-refractivity contribution in [1.29, 1.82) is 0 Å². The van der Waals surface area contributed by atoms with Crippen LogP contribution in [0.1, 0.15) is 441 Å². The molecule has 0 rings (SSSR count). The third kappa shape index (κ3) is 78.2. The predicted octanol–water partition coefficient (Wildman–Crippen LogP) is 25.6. The lowest BCUT2D eigenvalue weighted by molar-refractivity contribution is -0.161. The summed E-state index contributed by atoms with van der Waals surface area (Å²) >= 11 is 0. The molecule has 17 nitrogen and oxygen atoms in total. The standard InChI is InChI=1S/C85H166O17P2/c1-75(2)61-53-45-37-30-24-18-14-11-9-10-12-16-20-27-33-41-49-57-65-82(87)95-71-80(101-84(89)67-59-51-42-34-28-21-17-13-15-19-25-31-38-46-54-62-76(3)4)73-99-103(91,92)97-69-79(86)70-98-104(93,94)100-74-81(72-96-83(88)66-58-50-44-36-40-48-56-64-78(7)8)102-85(90)68-60-52-43-35-29-23-22-26-32-39-47-55-63-77(5)6/h75-81,86H,9-74H2,1-8H3,(H,91,92)(H,93,94)/t79?,80-,81-/m1/s1. The molecule has 3 unspecified atom stereocenters. The van der Waals surface area contributed by atoms with Crippen molar-refractivity contribution in [3.63, 3.8) is 0 Å². The summed E-state index contributed by atoms with van der Waals surface area (Å²) in [5.74, 6) is 0.998. The average molecular weight is 1520 g/mol. The maximum absolute atomic E-state index is 13.1. The second kappa shape index (κ2) is 73.8. The first kappa shape index (κ1) is 102. The van der Waals surface area contributed by atoms with E-state index >= 15 is 0 Å². The summed E-state index contributed by atoms with van der Waals surface area (Å²) in [5, 5.41) is 10.7. The third-order valence-corrected chi connectivity index (χ3v) is 21.7. The molecule has 0 aliphatic carbocycles. The summed E-state index contributed by atoms with van der Waals surface area (Å²) in [6, 6.07) is 0. The number of rotatable bonds is 82. The van der Waals surface area contributed by atoms with Crippen LogP contribution >= 0.6 is 15.6 Å². The Balaban J connectivity index is 5.22. The van der Waals surface area contributed by atoms with Crippen molar-refractivity contribution >= 4 is 39.5 Å². The molecule has 3 N–H and O–H groups in total. The van der Waals surface area contributed by atoms with Gasteiger partial charge in [-0.15, -0.1) is 0 Å². The molecule has 0 saturated carbocycles. The Morgan fingerprint density at radius 2 is 0.404 bits per heavy atom. The predicted molar refractivity (Wildman–Crippen MR) is 428 cm³/mol. The summed E-state index contributed by atoms with van der Waals surface area (Å²) < 4.78 is 68.8. The molecular formula is C85H166O17P2. The second-order valence-corrected chi connectivity index (χ2v) is 35.4. The van der Waals surface area contributed by atoms with Crippen LogP contribution < -0.4 is 0 Å². The van der Waals surface area contributed by atoms with Gasteiger partial charge in [0.25, 0.3) is 0 Å². The van der Waals surface area contributed by atoms with E-state index in [-0.39, 0.29) is 25.7 Å². The van der Waals surface area contributed by atoms with Crippen molar-refractivity contribution in [2.24, 2.45) is 23.7 Å². The second-order valence-electron chi connectivity index (χ2n) is 32.5. The largest absolute Gasteiger partial charge is 0.472 e. The molecule has 0 aromatic carbocycles. The van der Waals surface area contributed by atoms with Gasteiger partial charge in [-0.3, -0.25) is 37.3 Å². The Morgan fingerprint density at radius 1 is 0.240 bits per heavy atom. The van der Waals surface area contributed by atoms with Gasteiger partial charge in [0.1, 0.15) is 19.3 Å². The van der Waals surface area contributed by atoms with Crippen molar-refractivity contribution < 1.29 is 80.2 Å². The molecule has 0 radical (unpaired) electrons. The van der Waals surface area contributed by atoms with Crippen molar-refractivity contribution in [2.75, 3.05) is 39.6 Å². The monoisotopic (exact) mass is 1520 g/mol. The average Bonchev–Trinajstić information content (AvgIpc) is 0.921. The van der Waals surface area contributed by atoms with E-state index < -0.39 is 97.5 Å². The van der Waals surface area contributed by atoms with Crippen molar-refractivity contribution in [2.45, 2.75) is 459 Å². The van der Waals surface area contributed by atoms with Crippen molar-refractivity contribution in [1.82, 2.24) is 0 Å². The Bertz CT molecular complexity index is 2020.